The summed E-state index contributed by atoms with van der Waals surface area (Å²) < 4.78 is 31.2. The van der Waals surface area contributed by atoms with Gasteiger partial charge in [0.15, 0.2) is 0 Å². The fourth-order valence-electron chi connectivity index (χ4n) is 2.38. The van der Waals surface area contributed by atoms with E-state index < -0.39 is 10.1 Å². The lowest BCUT2D eigenvalue weighted by atomic mass is 9.92. The Morgan fingerprint density at radius 1 is 1.29 bits per heavy atom. The van der Waals surface area contributed by atoms with E-state index in [1.807, 2.05) is 37.3 Å². The lowest BCUT2D eigenvalue weighted by Crippen LogP contribution is -2.40. The average molecular weight is 359 g/mol. The first kappa shape index (κ1) is 20.4. The first-order chi connectivity index (χ1) is 11.2. The second-order valence-corrected chi connectivity index (χ2v) is 7.30. The minimum atomic E-state index is -3.67. The maximum Gasteiger partial charge on any atom is 0.410 e. The molecule has 7 nitrogen and oxygen atoms in total. The number of ether oxygens (including phenoxy) is 1. The number of benzene rings is 1. The van der Waals surface area contributed by atoms with Crippen LogP contribution in [0.4, 0.5) is 4.79 Å². The van der Waals surface area contributed by atoms with Crippen LogP contribution in [0.5, 0.6) is 0 Å². The maximum absolute atomic E-state index is 11.9. The van der Waals surface area contributed by atoms with E-state index >= 15 is 0 Å². The molecule has 0 aromatic heterocycles. The van der Waals surface area contributed by atoms with Crippen LogP contribution in [-0.2, 0) is 21.5 Å². The van der Waals surface area contributed by atoms with Gasteiger partial charge in [0, 0.05) is 13.1 Å². The Bertz CT molecular complexity index is 586. The van der Waals surface area contributed by atoms with E-state index in [4.69, 9.17) is 9.29 Å². The van der Waals surface area contributed by atoms with E-state index in [1.54, 1.807) is 4.90 Å². The van der Waals surface area contributed by atoms with Crippen LogP contribution in [0.3, 0.4) is 0 Å². The quantitative estimate of drug-likeness (QED) is 0.799. The van der Waals surface area contributed by atoms with Crippen molar-refractivity contribution in [2.45, 2.75) is 32.5 Å². The number of aliphatic hydroxyl groups excluding tert-OH is 1. The van der Waals surface area contributed by atoms with Crippen molar-refractivity contribution in [1.29, 1.82) is 0 Å². The summed E-state index contributed by atoms with van der Waals surface area (Å²) in [4.78, 5) is 13.6. The molecule has 0 spiro atoms. The molecule has 1 aliphatic heterocycles. The Kier molecular flexibility index (Phi) is 8.17. The van der Waals surface area contributed by atoms with E-state index in [0.717, 1.165) is 18.4 Å². The number of nitrogens with zero attached hydrogens (tertiary/aromatic N) is 1. The molecule has 2 N–H and O–H groups in total. The van der Waals surface area contributed by atoms with E-state index in [1.165, 1.54) is 0 Å². The Balaban J connectivity index is 0.000000505. The molecule has 1 aromatic rings. The molecule has 0 saturated carbocycles. The molecular formula is C16H25NO6S. The van der Waals surface area contributed by atoms with Gasteiger partial charge in [-0.2, -0.15) is 8.42 Å². The van der Waals surface area contributed by atoms with Gasteiger partial charge in [0.25, 0.3) is 10.1 Å². The predicted octanol–water partition coefficient (Wildman–Crippen LogP) is 1.92. The highest BCUT2D eigenvalue weighted by Gasteiger charge is 2.26. The van der Waals surface area contributed by atoms with Gasteiger partial charge in [0.1, 0.15) is 6.61 Å². The molecule has 1 heterocycles. The fraction of sp³-hybridized carbons (Fsp3) is 0.562. The van der Waals surface area contributed by atoms with Crippen molar-refractivity contribution in [3.05, 3.63) is 35.9 Å². The number of hydrogen-bond donors (Lipinski definition) is 2. The lowest BCUT2D eigenvalue weighted by Gasteiger charge is -2.32. The summed E-state index contributed by atoms with van der Waals surface area (Å²) in [7, 11) is -3.67. The van der Waals surface area contributed by atoms with Crippen molar-refractivity contribution >= 4 is 16.2 Å². The highest BCUT2D eigenvalue weighted by molar-refractivity contribution is 7.85. The van der Waals surface area contributed by atoms with Gasteiger partial charge in [-0.15, -0.1) is 0 Å². The summed E-state index contributed by atoms with van der Waals surface area (Å²) in [6.07, 6.45) is 1.86. The molecule has 2 rings (SSSR count). The number of aliphatic hydroxyl groups is 1. The number of rotatable bonds is 3. The van der Waals surface area contributed by atoms with Crippen LogP contribution in [0, 0.1) is 5.92 Å². The molecule has 1 fully saturated rings. The average Bonchev–Trinajstić information content (AvgIpc) is 2.52. The zero-order valence-electron chi connectivity index (χ0n) is 14.0. The van der Waals surface area contributed by atoms with Crippen LogP contribution >= 0.6 is 0 Å². The molecule has 0 aliphatic carbocycles. The largest absolute Gasteiger partial charge is 0.445 e. The zero-order valence-corrected chi connectivity index (χ0v) is 14.8. The summed E-state index contributed by atoms with van der Waals surface area (Å²) in [6, 6.07) is 9.67. The number of piperidine rings is 1. The first-order valence-electron chi connectivity index (χ1n) is 7.73. The normalized spacial score (nSPS) is 16.8. The van der Waals surface area contributed by atoms with Crippen molar-refractivity contribution in [3.63, 3.8) is 0 Å². The third kappa shape index (κ3) is 8.85. The molecule has 1 saturated heterocycles. The van der Waals surface area contributed by atoms with Crippen LogP contribution in [0.25, 0.3) is 0 Å². The van der Waals surface area contributed by atoms with Crippen molar-refractivity contribution in [1.82, 2.24) is 4.90 Å². The van der Waals surface area contributed by atoms with E-state index in [9.17, 15) is 18.3 Å². The molecule has 1 amide bonds. The Labute approximate surface area is 143 Å². The standard InChI is InChI=1S/C15H21NO3.CH4O3S/c1-12(17)14-7-9-16(10-8-14)15(18)19-11-13-5-3-2-4-6-13;1-5(2,3)4/h2-6,12,14,17H,7-11H2,1H3;1H3,(H,2,3,4). The third-order valence-electron chi connectivity index (χ3n) is 3.69. The number of amides is 1. The van der Waals surface area contributed by atoms with Crippen molar-refractivity contribution < 1.29 is 27.6 Å². The zero-order chi connectivity index (χ0) is 18.2. The summed E-state index contributed by atoms with van der Waals surface area (Å²) in [5.74, 6) is 0.304. The molecule has 1 unspecified atom stereocenters. The Morgan fingerprint density at radius 2 is 1.79 bits per heavy atom. The summed E-state index contributed by atoms with van der Waals surface area (Å²) in [5.41, 5.74) is 0.995. The molecule has 8 heteroatoms. The summed E-state index contributed by atoms with van der Waals surface area (Å²) >= 11 is 0. The highest BCUT2D eigenvalue weighted by Crippen LogP contribution is 2.21. The molecular weight excluding hydrogens is 334 g/mol. The molecule has 0 bridgehead atoms. The van der Waals surface area contributed by atoms with Crippen LogP contribution in [0.1, 0.15) is 25.3 Å². The minimum Gasteiger partial charge on any atom is -0.445 e. The molecule has 136 valence electrons. The molecule has 1 aromatic carbocycles. The van der Waals surface area contributed by atoms with Crippen molar-refractivity contribution in [3.8, 4) is 0 Å². The third-order valence-corrected chi connectivity index (χ3v) is 3.69. The maximum atomic E-state index is 11.9. The van der Waals surface area contributed by atoms with Gasteiger partial charge in [-0.1, -0.05) is 30.3 Å². The van der Waals surface area contributed by atoms with E-state index in [0.29, 0.717) is 31.9 Å². The SMILES string of the molecule is CC(O)C1CCN(C(=O)OCc2ccccc2)CC1.CS(=O)(=O)O. The highest BCUT2D eigenvalue weighted by atomic mass is 32.2. The van der Waals surface area contributed by atoms with Crippen LogP contribution in [0.2, 0.25) is 0 Å². The van der Waals surface area contributed by atoms with Gasteiger partial charge < -0.3 is 14.7 Å². The lowest BCUT2D eigenvalue weighted by molar-refractivity contribution is 0.0526. The van der Waals surface area contributed by atoms with Gasteiger partial charge in [0.2, 0.25) is 0 Å². The molecule has 1 atom stereocenters. The molecule has 24 heavy (non-hydrogen) atoms. The summed E-state index contributed by atoms with van der Waals surface area (Å²) in [6.45, 7) is 3.47. The second kappa shape index (κ2) is 9.61. The van der Waals surface area contributed by atoms with Gasteiger partial charge in [-0.25, -0.2) is 4.79 Å². The Morgan fingerprint density at radius 3 is 2.25 bits per heavy atom. The fourth-order valence-corrected chi connectivity index (χ4v) is 2.38. The number of likely N-dealkylation sites (tertiary alicyclic amines) is 1. The molecule has 0 radical (unpaired) electrons. The smallest absolute Gasteiger partial charge is 0.410 e. The van der Waals surface area contributed by atoms with E-state index in [2.05, 4.69) is 0 Å². The van der Waals surface area contributed by atoms with Crippen LogP contribution in [0.15, 0.2) is 30.3 Å². The van der Waals surface area contributed by atoms with Crippen molar-refractivity contribution in [2.24, 2.45) is 5.92 Å². The van der Waals surface area contributed by atoms with E-state index in [-0.39, 0.29) is 12.2 Å². The Hall–Kier alpha value is -1.64. The van der Waals surface area contributed by atoms with Gasteiger partial charge in [-0.3, -0.25) is 4.55 Å². The molecule has 1 aliphatic rings. The number of carbonyl (C=O) groups excluding carboxylic acids is 1. The van der Waals surface area contributed by atoms with Gasteiger partial charge in [0.05, 0.1) is 12.4 Å². The minimum absolute atomic E-state index is 0.257. The monoisotopic (exact) mass is 359 g/mol. The predicted molar refractivity (Wildman–Crippen MR) is 90.1 cm³/mol. The van der Waals surface area contributed by atoms with Gasteiger partial charge >= 0.3 is 6.09 Å². The first-order valence-corrected chi connectivity index (χ1v) is 9.58. The topological polar surface area (TPSA) is 104 Å². The number of carbonyl (C=O) groups is 1. The van der Waals surface area contributed by atoms with Crippen molar-refractivity contribution in [2.75, 3.05) is 19.3 Å². The number of hydrogen-bond acceptors (Lipinski definition) is 5. The second-order valence-electron chi connectivity index (χ2n) is 5.84. The van der Waals surface area contributed by atoms with Crippen LogP contribution < -0.4 is 0 Å². The van der Waals surface area contributed by atoms with Crippen LogP contribution in [-0.4, -0.2) is 54.5 Å². The van der Waals surface area contributed by atoms with Gasteiger partial charge in [-0.05, 0) is 31.2 Å². The summed E-state index contributed by atoms with van der Waals surface area (Å²) in [5, 5.41) is 9.52.